The van der Waals surface area contributed by atoms with Gasteiger partial charge >= 0.3 is 18.0 Å². The maximum atomic E-state index is 14.6. The molecule has 3 rings (SSSR count). The first-order valence-corrected chi connectivity index (χ1v) is 11.1. The Morgan fingerprint density at radius 1 is 0.848 bits per heavy atom. The number of halogens is 8. The fourth-order valence-electron chi connectivity index (χ4n) is 3.80. The third kappa shape index (κ3) is 4.80. The summed E-state index contributed by atoms with van der Waals surface area (Å²) in [6, 6.07) is 12.6. The lowest BCUT2D eigenvalue weighted by Gasteiger charge is -2.31. The second kappa shape index (κ2) is 8.98. The van der Waals surface area contributed by atoms with Crippen LogP contribution in [0, 0.1) is 6.92 Å². The van der Waals surface area contributed by atoms with Crippen LogP contribution in [0.5, 0.6) is 0 Å². The van der Waals surface area contributed by atoms with E-state index in [0.717, 1.165) is 20.8 Å². The molecule has 0 spiro atoms. The first-order chi connectivity index (χ1) is 15.2. The van der Waals surface area contributed by atoms with Crippen molar-refractivity contribution in [3.05, 3.63) is 80.8 Å². The van der Waals surface area contributed by atoms with Gasteiger partial charge in [0, 0.05) is 21.3 Å². The van der Waals surface area contributed by atoms with E-state index >= 15 is 0 Å². The van der Waals surface area contributed by atoms with E-state index in [1.54, 1.807) is 6.92 Å². The fraction of sp³-hybridized carbons (Fsp3) is 0.292. The van der Waals surface area contributed by atoms with Gasteiger partial charge in [0.25, 0.3) is 0 Å². The van der Waals surface area contributed by atoms with Gasteiger partial charge in [0.2, 0.25) is 0 Å². The average Bonchev–Trinajstić information content (AvgIpc) is 2.72. The number of aryl methyl sites for hydroxylation is 2. The van der Waals surface area contributed by atoms with Crippen molar-refractivity contribution in [3.63, 3.8) is 0 Å². The highest BCUT2D eigenvalue weighted by molar-refractivity contribution is 9.10. The molecule has 0 saturated heterocycles. The van der Waals surface area contributed by atoms with Gasteiger partial charge < -0.3 is 0 Å². The number of hydrogen-bond acceptors (Lipinski definition) is 1. The van der Waals surface area contributed by atoms with Gasteiger partial charge in [-0.15, -0.1) is 0 Å². The molecule has 0 N–H and O–H groups in total. The maximum absolute atomic E-state index is 14.6. The Labute approximate surface area is 199 Å². The summed E-state index contributed by atoms with van der Waals surface area (Å²) in [7, 11) is 0. The van der Waals surface area contributed by atoms with Crippen molar-refractivity contribution in [3.8, 4) is 0 Å². The number of hydrogen-bond donors (Lipinski definition) is 0. The van der Waals surface area contributed by atoms with E-state index < -0.39 is 23.6 Å². The van der Waals surface area contributed by atoms with E-state index in [4.69, 9.17) is 12.2 Å². The van der Waals surface area contributed by atoms with Crippen molar-refractivity contribution in [1.82, 2.24) is 0 Å². The molecule has 0 fully saturated rings. The summed E-state index contributed by atoms with van der Waals surface area (Å²) in [4.78, 5) is 0.475. The number of alkyl halides is 7. The topological polar surface area (TPSA) is 0 Å². The lowest BCUT2D eigenvalue weighted by molar-refractivity contribution is -0.348. The minimum absolute atomic E-state index is 0.115. The largest absolute Gasteiger partial charge is 0.435 e. The molecule has 9 heteroatoms. The minimum atomic E-state index is -6.15. The molecule has 0 aliphatic rings. The molecule has 0 heterocycles. The summed E-state index contributed by atoms with van der Waals surface area (Å²) in [5, 5.41) is 1.91. The van der Waals surface area contributed by atoms with E-state index in [9.17, 15) is 30.7 Å². The lowest BCUT2D eigenvalue weighted by Crippen LogP contribution is -2.50. The molecule has 0 nitrogen and oxygen atoms in total. The standard InChI is InChI=1S/C24H18BrF7S/c1-3-14-10-18(22(26,23(27,28)29)24(30,31)32)8-13(2)20(14)12-21(33)17-5-4-16-11-19(25)7-6-15(16)9-17/h4-11H,3,12H2,1-2H3. The van der Waals surface area contributed by atoms with E-state index in [2.05, 4.69) is 15.9 Å². The molecule has 0 aliphatic carbocycles. The third-order valence-corrected chi connectivity index (χ3v) is 6.46. The van der Waals surface area contributed by atoms with E-state index in [1.165, 1.54) is 6.92 Å². The second-order valence-corrected chi connectivity index (χ2v) is 9.15. The van der Waals surface area contributed by atoms with E-state index in [0.29, 0.717) is 22.6 Å². The van der Waals surface area contributed by atoms with Crippen LogP contribution in [0.4, 0.5) is 30.7 Å². The Morgan fingerprint density at radius 2 is 1.42 bits per heavy atom. The van der Waals surface area contributed by atoms with Crippen molar-refractivity contribution in [2.75, 3.05) is 0 Å². The first kappa shape index (κ1) is 25.6. The Balaban J connectivity index is 2.03. The summed E-state index contributed by atoms with van der Waals surface area (Å²) < 4.78 is 94.8. The Hall–Kier alpha value is -2.00. The number of fused-ring (bicyclic) bond motifs is 1. The van der Waals surface area contributed by atoms with Crippen LogP contribution in [0.25, 0.3) is 10.8 Å². The van der Waals surface area contributed by atoms with Crippen LogP contribution >= 0.6 is 28.1 Å². The normalized spacial score (nSPS) is 12.9. The van der Waals surface area contributed by atoms with Crippen molar-refractivity contribution in [2.24, 2.45) is 0 Å². The summed E-state index contributed by atoms with van der Waals surface area (Å²) in [5.74, 6) is 0. The van der Waals surface area contributed by atoms with Crippen molar-refractivity contribution in [1.29, 1.82) is 0 Å². The van der Waals surface area contributed by atoms with Gasteiger partial charge in [-0.2, -0.15) is 26.3 Å². The molecule has 3 aromatic rings. The summed E-state index contributed by atoms with van der Waals surface area (Å²) in [5.41, 5.74) is -5.41. The van der Waals surface area contributed by atoms with Crippen molar-refractivity contribution < 1.29 is 30.7 Å². The highest BCUT2D eigenvalue weighted by Crippen LogP contribution is 2.53. The highest BCUT2D eigenvalue weighted by Gasteiger charge is 2.73. The molecule has 3 aromatic carbocycles. The summed E-state index contributed by atoms with van der Waals surface area (Å²) >= 11 is 8.94. The zero-order valence-corrected chi connectivity index (χ0v) is 19.9. The molecule has 0 aliphatic heterocycles. The molecule has 0 amide bonds. The number of thiocarbonyl (C=S) groups is 1. The number of rotatable bonds is 5. The van der Waals surface area contributed by atoms with Gasteiger partial charge in [-0.1, -0.05) is 65.4 Å². The van der Waals surface area contributed by atoms with Crippen LogP contribution in [-0.2, 0) is 18.5 Å². The molecule has 0 bridgehead atoms. The van der Waals surface area contributed by atoms with E-state index in [-0.39, 0.29) is 24.0 Å². The van der Waals surface area contributed by atoms with Gasteiger partial charge in [-0.05, 0) is 64.6 Å². The van der Waals surface area contributed by atoms with Gasteiger partial charge in [0.1, 0.15) is 0 Å². The minimum Gasteiger partial charge on any atom is -0.218 e. The van der Waals surface area contributed by atoms with Crippen LogP contribution in [0.15, 0.2) is 53.0 Å². The zero-order chi connectivity index (χ0) is 24.8. The Kier molecular flexibility index (Phi) is 6.97. The molecule has 0 unspecified atom stereocenters. The first-order valence-electron chi connectivity index (χ1n) is 9.86. The van der Waals surface area contributed by atoms with Crippen LogP contribution < -0.4 is 0 Å². The van der Waals surface area contributed by atoms with Gasteiger partial charge in [0.15, 0.2) is 0 Å². The van der Waals surface area contributed by atoms with Gasteiger partial charge in [-0.3, -0.25) is 0 Å². The van der Waals surface area contributed by atoms with Crippen molar-refractivity contribution >= 4 is 43.8 Å². The molecule has 0 aromatic heterocycles. The fourth-order valence-corrected chi connectivity index (χ4v) is 4.45. The second-order valence-electron chi connectivity index (χ2n) is 7.74. The monoisotopic (exact) mass is 550 g/mol. The molecule has 0 saturated carbocycles. The van der Waals surface area contributed by atoms with Gasteiger partial charge in [0.05, 0.1) is 0 Å². The van der Waals surface area contributed by atoms with Crippen LogP contribution in [0.3, 0.4) is 0 Å². The quantitative estimate of drug-likeness (QED) is 0.174. The van der Waals surface area contributed by atoms with Crippen LogP contribution in [-0.4, -0.2) is 17.2 Å². The van der Waals surface area contributed by atoms with Crippen LogP contribution in [0.2, 0.25) is 0 Å². The third-order valence-electron chi connectivity index (χ3n) is 5.59. The highest BCUT2D eigenvalue weighted by atomic mass is 79.9. The average molecular weight is 551 g/mol. The molecular weight excluding hydrogens is 533 g/mol. The molecule has 0 radical (unpaired) electrons. The lowest BCUT2D eigenvalue weighted by atomic mass is 9.86. The van der Waals surface area contributed by atoms with Crippen molar-refractivity contribution in [2.45, 2.75) is 44.7 Å². The van der Waals surface area contributed by atoms with Gasteiger partial charge in [-0.25, -0.2) is 4.39 Å². The summed E-state index contributed by atoms with van der Waals surface area (Å²) in [6.07, 6.45) is -12.1. The Bertz CT molecular complexity index is 1200. The van der Waals surface area contributed by atoms with E-state index in [1.807, 2.05) is 36.4 Å². The molecule has 176 valence electrons. The smallest absolute Gasteiger partial charge is 0.218 e. The predicted molar refractivity (Wildman–Crippen MR) is 123 cm³/mol. The summed E-state index contributed by atoms with van der Waals surface area (Å²) in [6.45, 7) is 2.95. The maximum Gasteiger partial charge on any atom is 0.435 e. The molecular formula is C24H18BrF7S. The molecule has 33 heavy (non-hydrogen) atoms. The zero-order valence-electron chi connectivity index (χ0n) is 17.5. The Morgan fingerprint density at radius 3 is 2.00 bits per heavy atom. The SMILES string of the molecule is CCc1cc(C(F)(C(F)(F)F)C(F)(F)F)cc(C)c1CC(=S)c1ccc2cc(Br)ccc2c1. The number of benzene rings is 3. The van der Waals surface area contributed by atoms with Crippen LogP contribution in [0.1, 0.15) is 34.7 Å². The molecule has 0 atom stereocenters. The predicted octanol–water partition coefficient (Wildman–Crippen LogP) is 8.72.